The summed E-state index contributed by atoms with van der Waals surface area (Å²) in [5, 5.41) is 3.28. The first-order valence-electron chi connectivity index (χ1n) is 8.55. The maximum atomic E-state index is 12.9. The van der Waals surface area contributed by atoms with E-state index in [1.807, 2.05) is 0 Å². The standard InChI is InChI=1S/C17H30N2O2/c1-5-11-6-7-13(10(11)2)19-15(20)17(18)12-8-9-21-14(12)16(17,3)4/h10-14H,5-9,18H2,1-4H3,(H,19,20). The molecule has 120 valence electrons. The van der Waals surface area contributed by atoms with Crippen LogP contribution in [0.2, 0.25) is 0 Å². The number of rotatable bonds is 3. The number of carbonyl (C=O) groups is 1. The van der Waals surface area contributed by atoms with Crippen molar-refractivity contribution in [3.05, 3.63) is 0 Å². The molecule has 3 N–H and O–H groups in total. The summed E-state index contributed by atoms with van der Waals surface area (Å²) in [5.41, 5.74) is 5.57. The van der Waals surface area contributed by atoms with Crippen LogP contribution in [0, 0.1) is 23.2 Å². The summed E-state index contributed by atoms with van der Waals surface area (Å²) in [4.78, 5) is 12.9. The lowest BCUT2D eigenvalue weighted by Crippen LogP contribution is -2.80. The maximum absolute atomic E-state index is 12.9. The third-order valence-electron chi connectivity index (χ3n) is 6.90. The number of hydrogen-bond donors (Lipinski definition) is 2. The average Bonchev–Trinajstić information content (AvgIpc) is 3.05. The predicted octanol–water partition coefficient (Wildman–Crippen LogP) is 2.07. The Kier molecular flexibility index (Phi) is 3.61. The highest BCUT2D eigenvalue weighted by Gasteiger charge is 2.71. The van der Waals surface area contributed by atoms with Crippen LogP contribution in [0.25, 0.3) is 0 Å². The molecular formula is C17H30N2O2. The van der Waals surface area contributed by atoms with Gasteiger partial charge >= 0.3 is 0 Å². The van der Waals surface area contributed by atoms with Crippen LogP contribution in [-0.4, -0.2) is 30.2 Å². The fourth-order valence-electron chi connectivity index (χ4n) is 5.16. The second-order valence-corrected chi connectivity index (χ2v) is 7.96. The van der Waals surface area contributed by atoms with Gasteiger partial charge in [0.05, 0.1) is 6.10 Å². The van der Waals surface area contributed by atoms with Gasteiger partial charge in [-0.15, -0.1) is 0 Å². The van der Waals surface area contributed by atoms with E-state index < -0.39 is 5.54 Å². The van der Waals surface area contributed by atoms with Crippen LogP contribution in [-0.2, 0) is 9.53 Å². The van der Waals surface area contributed by atoms with Crippen molar-refractivity contribution in [3.63, 3.8) is 0 Å². The van der Waals surface area contributed by atoms with Gasteiger partial charge in [-0.3, -0.25) is 4.79 Å². The quantitative estimate of drug-likeness (QED) is 0.837. The Morgan fingerprint density at radius 2 is 2.05 bits per heavy atom. The van der Waals surface area contributed by atoms with Crippen LogP contribution < -0.4 is 11.1 Å². The van der Waals surface area contributed by atoms with Crippen LogP contribution >= 0.6 is 0 Å². The highest BCUT2D eigenvalue weighted by atomic mass is 16.5. The monoisotopic (exact) mass is 294 g/mol. The third-order valence-corrected chi connectivity index (χ3v) is 6.90. The fraction of sp³-hybridized carbons (Fsp3) is 0.941. The first-order valence-corrected chi connectivity index (χ1v) is 8.55. The molecule has 0 spiro atoms. The molecule has 0 aromatic rings. The molecule has 0 aromatic carbocycles. The maximum Gasteiger partial charge on any atom is 0.241 e. The molecular weight excluding hydrogens is 264 g/mol. The van der Waals surface area contributed by atoms with Crippen molar-refractivity contribution in [3.8, 4) is 0 Å². The zero-order chi connectivity index (χ0) is 15.4. The van der Waals surface area contributed by atoms with Crippen molar-refractivity contribution < 1.29 is 9.53 Å². The molecule has 1 saturated heterocycles. The van der Waals surface area contributed by atoms with Crippen LogP contribution in [0.1, 0.15) is 53.4 Å². The molecule has 2 saturated carbocycles. The summed E-state index contributed by atoms with van der Waals surface area (Å²) in [6, 6.07) is 0.292. The Labute approximate surface area is 128 Å². The van der Waals surface area contributed by atoms with E-state index >= 15 is 0 Å². The first kappa shape index (κ1) is 15.3. The molecule has 4 nitrogen and oxygen atoms in total. The topological polar surface area (TPSA) is 64.4 Å². The molecule has 1 heterocycles. The van der Waals surface area contributed by atoms with Gasteiger partial charge in [-0.05, 0) is 31.1 Å². The van der Waals surface area contributed by atoms with Crippen molar-refractivity contribution in [2.24, 2.45) is 28.9 Å². The Morgan fingerprint density at radius 1 is 1.33 bits per heavy atom. The second-order valence-electron chi connectivity index (χ2n) is 7.96. The normalized spacial score (nSPS) is 47.8. The molecule has 0 aromatic heterocycles. The van der Waals surface area contributed by atoms with E-state index in [0.717, 1.165) is 25.4 Å². The number of nitrogens with two attached hydrogens (primary N) is 1. The molecule has 3 aliphatic rings. The number of carbonyl (C=O) groups excluding carboxylic acids is 1. The van der Waals surface area contributed by atoms with Crippen molar-refractivity contribution in [1.29, 1.82) is 0 Å². The first-order chi connectivity index (χ1) is 9.84. The fourth-order valence-corrected chi connectivity index (χ4v) is 5.16. The van der Waals surface area contributed by atoms with Crippen molar-refractivity contribution in [1.82, 2.24) is 5.32 Å². The number of hydrogen-bond acceptors (Lipinski definition) is 3. The minimum atomic E-state index is -0.766. The van der Waals surface area contributed by atoms with E-state index in [9.17, 15) is 4.79 Å². The molecule has 1 amide bonds. The summed E-state index contributed by atoms with van der Waals surface area (Å²) >= 11 is 0. The average molecular weight is 294 g/mol. The van der Waals surface area contributed by atoms with Gasteiger partial charge < -0.3 is 15.8 Å². The van der Waals surface area contributed by atoms with Crippen LogP contribution in [0.5, 0.6) is 0 Å². The molecule has 1 aliphatic heterocycles. The van der Waals surface area contributed by atoms with E-state index in [1.54, 1.807) is 0 Å². The van der Waals surface area contributed by atoms with Gasteiger partial charge in [0, 0.05) is 24.0 Å². The Morgan fingerprint density at radius 3 is 2.67 bits per heavy atom. The van der Waals surface area contributed by atoms with Gasteiger partial charge in [0.25, 0.3) is 0 Å². The molecule has 6 unspecified atom stereocenters. The largest absolute Gasteiger partial charge is 0.377 e. The number of nitrogens with one attached hydrogen (secondary N) is 1. The Hall–Kier alpha value is -0.610. The molecule has 21 heavy (non-hydrogen) atoms. The molecule has 6 atom stereocenters. The van der Waals surface area contributed by atoms with E-state index in [0.29, 0.717) is 12.0 Å². The SMILES string of the molecule is CCC1CCC(NC(=O)C2(N)C3CCOC3C2(C)C)C1C. The van der Waals surface area contributed by atoms with Gasteiger partial charge in [0.15, 0.2) is 0 Å². The molecule has 0 bridgehead atoms. The van der Waals surface area contributed by atoms with Crippen molar-refractivity contribution in [2.45, 2.75) is 71.1 Å². The van der Waals surface area contributed by atoms with Gasteiger partial charge in [-0.1, -0.05) is 34.1 Å². The van der Waals surface area contributed by atoms with Gasteiger partial charge in [0.1, 0.15) is 5.54 Å². The van der Waals surface area contributed by atoms with Gasteiger partial charge in [0.2, 0.25) is 5.91 Å². The molecule has 3 rings (SSSR count). The number of ether oxygens (including phenoxy) is 1. The van der Waals surface area contributed by atoms with E-state index in [4.69, 9.17) is 10.5 Å². The summed E-state index contributed by atoms with van der Waals surface area (Å²) in [6.07, 6.45) is 4.57. The lowest BCUT2D eigenvalue weighted by atomic mass is 9.48. The molecule has 2 aliphatic carbocycles. The van der Waals surface area contributed by atoms with E-state index in [-0.39, 0.29) is 23.3 Å². The van der Waals surface area contributed by atoms with E-state index in [1.165, 1.54) is 12.8 Å². The highest BCUT2D eigenvalue weighted by Crippen LogP contribution is 2.58. The van der Waals surface area contributed by atoms with Crippen molar-refractivity contribution >= 4 is 5.91 Å². The van der Waals surface area contributed by atoms with Gasteiger partial charge in [-0.25, -0.2) is 0 Å². The molecule has 0 radical (unpaired) electrons. The zero-order valence-electron chi connectivity index (χ0n) is 13.8. The lowest BCUT2D eigenvalue weighted by Gasteiger charge is -2.60. The van der Waals surface area contributed by atoms with E-state index in [2.05, 4.69) is 33.0 Å². The lowest BCUT2D eigenvalue weighted by molar-refractivity contribution is -0.176. The minimum Gasteiger partial charge on any atom is -0.377 e. The predicted molar refractivity (Wildman–Crippen MR) is 82.7 cm³/mol. The highest BCUT2D eigenvalue weighted by molar-refractivity contribution is 5.89. The number of fused-ring (bicyclic) bond motifs is 1. The number of amides is 1. The summed E-state index contributed by atoms with van der Waals surface area (Å²) in [5.74, 6) is 1.53. The zero-order valence-corrected chi connectivity index (χ0v) is 13.8. The van der Waals surface area contributed by atoms with Crippen LogP contribution in [0.3, 0.4) is 0 Å². The molecule has 3 fully saturated rings. The smallest absolute Gasteiger partial charge is 0.241 e. The van der Waals surface area contributed by atoms with Crippen LogP contribution in [0.4, 0.5) is 0 Å². The minimum absolute atomic E-state index is 0.0489. The molecule has 4 heteroatoms. The second kappa shape index (κ2) is 4.95. The Bertz CT molecular complexity index is 437. The summed E-state index contributed by atoms with van der Waals surface area (Å²) in [6.45, 7) is 9.40. The van der Waals surface area contributed by atoms with Gasteiger partial charge in [-0.2, -0.15) is 0 Å². The third kappa shape index (κ3) is 1.91. The summed E-state index contributed by atoms with van der Waals surface area (Å²) in [7, 11) is 0. The summed E-state index contributed by atoms with van der Waals surface area (Å²) < 4.78 is 5.78. The van der Waals surface area contributed by atoms with Crippen molar-refractivity contribution in [2.75, 3.05) is 6.61 Å². The van der Waals surface area contributed by atoms with Crippen LogP contribution in [0.15, 0.2) is 0 Å². The Balaban J connectivity index is 1.71.